The van der Waals surface area contributed by atoms with Crippen LogP contribution in [0.3, 0.4) is 0 Å². The fourth-order valence-electron chi connectivity index (χ4n) is 3.67. The van der Waals surface area contributed by atoms with E-state index in [1.807, 2.05) is 49.4 Å². The Morgan fingerprint density at radius 2 is 1.78 bits per heavy atom. The summed E-state index contributed by atoms with van der Waals surface area (Å²) in [7, 11) is 0. The average molecular weight is 358 g/mol. The summed E-state index contributed by atoms with van der Waals surface area (Å²) < 4.78 is 0. The minimum Gasteiger partial charge on any atom is -0.321 e. The summed E-state index contributed by atoms with van der Waals surface area (Å²) in [6.45, 7) is 4.70. The first-order chi connectivity index (χ1) is 13.2. The number of para-hydroxylation sites is 2. The molecule has 1 aliphatic heterocycles. The second-order valence-corrected chi connectivity index (χ2v) is 6.71. The maximum atomic E-state index is 12.9. The molecule has 0 spiro atoms. The van der Waals surface area contributed by atoms with E-state index < -0.39 is 0 Å². The van der Waals surface area contributed by atoms with Crippen LogP contribution in [0.4, 0.5) is 17.2 Å². The zero-order valence-corrected chi connectivity index (χ0v) is 15.5. The number of hydrogen-bond donors (Lipinski definition) is 0. The van der Waals surface area contributed by atoms with Gasteiger partial charge in [-0.15, -0.1) is 10.2 Å². The molecule has 2 heterocycles. The van der Waals surface area contributed by atoms with Gasteiger partial charge in [0.05, 0.1) is 0 Å². The van der Waals surface area contributed by atoms with Crippen molar-refractivity contribution in [1.29, 1.82) is 0 Å². The highest BCUT2D eigenvalue weighted by atomic mass is 16.2. The van der Waals surface area contributed by atoms with Gasteiger partial charge in [-0.05, 0) is 56.2 Å². The van der Waals surface area contributed by atoms with Crippen molar-refractivity contribution in [2.75, 3.05) is 16.3 Å². The molecule has 5 nitrogen and oxygen atoms in total. The second-order valence-electron chi connectivity index (χ2n) is 6.71. The van der Waals surface area contributed by atoms with Crippen LogP contribution in [0.1, 0.15) is 29.9 Å². The molecular formula is C22H22N4O. The summed E-state index contributed by atoms with van der Waals surface area (Å²) >= 11 is 0. The molecule has 1 aromatic heterocycles. The standard InChI is InChI=1S/C22H22N4O/c1-3-25(18-10-5-4-6-11-18)22(27)19-13-14-21(24-23-19)26-16(2)15-17-9-7-8-12-20(17)26/h4-14,16H,3,15H2,1-2H3. The van der Waals surface area contributed by atoms with E-state index in [0.717, 1.165) is 23.6 Å². The van der Waals surface area contributed by atoms with Gasteiger partial charge in [0.25, 0.3) is 5.91 Å². The smallest absolute Gasteiger partial charge is 0.278 e. The number of fused-ring (bicyclic) bond motifs is 1. The van der Waals surface area contributed by atoms with Gasteiger partial charge in [-0.3, -0.25) is 4.79 Å². The molecule has 5 heteroatoms. The number of anilines is 3. The van der Waals surface area contributed by atoms with Gasteiger partial charge in [-0.2, -0.15) is 0 Å². The van der Waals surface area contributed by atoms with Gasteiger partial charge < -0.3 is 9.80 Å². The largest absolute Gasteiger partial charge is 0.321 e. The van der Waals surface area contributed by atoms with Crippen molar-refractivity contribution >= 4 is 23.1 Å². The van der Waals surface area contributed by atoms with Gasteiger partial charge in [0, 0.05) is 24.0 Å². The fourth-order valence-corrected chi connectivity index (χ4v) is 3.67. The lowest BCUT2D eigenvalue weighted by Crippen LogP contribution is -2.32. The first-order valence-corrected chi connectivity index (χ1v) is 9.27. The zero-order valence-electron chi connectivity index (χ0n) is 15.5. The number of carbonyl (C=O) groups excluding carboxylic acids is 1. The second kappa shape index (κ2) is 7.19. The van der Waals surface area contributed by atoms with E-state index in [9.17, 15) is 4.79 Å². The van der Waals surface area contributed by atoms with Crippen LogP contribution in [0.15, 0.2) is 66.7 Å². The molecule has 1 unspecified atom stereocenters. The van der Waals surface area contributed by atoms with Crippen LogP contribution >= 0.6 is 0 Å². The molecule has 1 amide bonds. The van der Waals surface area contributed by atoms with Crippen molar-refractivity contribution in [3.8, 4) is 0 Å². The average Bonchev–Trinajstić information content (AvgIpc) is 3.05. The summed E-state index contributed by atoms with van der Waals surface area (Å²) in [4.78, 5) is 16.8. The Morgan fingerprint density at radius 1 is 1.04 bits per heavy atom. The van der Waals surface area contributed by atoms with Crippen LogP contribution < -0.4 is 9.80 Å². The van der Waals surface area contributed by atoms with Crippen LogP contribution in [0.25, 0.3) is 0 Å². The third-order valence-corrected chi connectivity index (χ3v) is 4.95. The van der Waals surface area contributed by atoms with Crippen molar-refractivity contribution in [3.63, 3.8) is 0 Å². The molecule has 0 fully saturated rings. The van der Waals surface area contributed by atoms with Gasteiger partial charge in [0.2, 0.25) is 0 Å². The molecule has 1 atom stereocenters. The van der Waals surface area contributed by atoms with Crippen LogP contribution in [-0.4, -0.2) is 28.7 Å². The number of amides is 1. The molecule has 4 rings (SSSR count). The van der Waals surface area contributed by atoms with Gasteiger partial charge in [-0.1, -0.05) is 36.4 Å². The number of benzene rings is 2. The lowest BCUT2D eigenvalue weighted by atomic mass is 10.1. The highest BCUT2D eigenvalue weighted by molar-refractivity contribution is 6.04. The predicted octanol–water partition coefficient (Wildman–Crippen LogP) is 4.23. The minimum absolute atomic E-state index is 0.141. The Morgan fingerprint density at radius 3 is 2.48 bits per heavy atom. The van der Waals surface area contributed by atoms with Gasteiger partial charge >= 0.3 is 0 Å². The summed E-state index contributed by atoms with van der Waals surface area (Å²) in [5.74, 6) is 0.629. The number of hydrogen-bond acceptors (Lipinski definition) is 4. The molecule has 2 aromatic carbocycles. The fraction of sp³-hybridized carbons (Fsp3) is 0.227. The number of nitrogens with zero attached hydrogens (tertiary/aromatic N) is 4. The highest BCUT2D eigenvalue weighted by Crippen LogP contribution is 2.36. The normalized spacial score (nSPS) is 15.5. The Labute approximate surface area is 159 Å². The van der Waals surface area contributed by atoms with Crippen molar-refractivity contribution < 1.29 is 4.79 Å². The molecule has 136 valence electrons. The maximum Gasteiger partial charge on any atom is 0.278 e. The third-order valence-electron chi connectivity index (χ3n) is 4.95. The van der Waals surface area contributed by atoms with E-state index in [2.05, 4.69) is 40.2 Å². The van der Waals surface area contributed by atoms with E-state index in [0.29, 0.717) is 18.3 Å². The SMILES string of the molecule is CCN(C(=O)c1ccc(N2c3ccccc3CC2C)nn1)c1ccccc1. The number of aromatic nitrogens is 2. The quantitative estimate of drug-likeness (QED) is 0.700. The predicted molar refractivity (Wildman–Crippen MR) is 108 cm³/mol. The zero-order chi connectivity index (χ0) is 18.8. The van der Waals surface area contributed by atoms with E-state index in [4.69, 9.17) is 0 Å². The maximum absolute atomic E-state index is 12.9. The van der Waals surface area contributed by atoms with E-state index in [1.54, 1.807) is 11.0 Å². The molecule has 0 saturated heterocycles. The Bertz CT molecular complexity index is 940. The van der Waals surface area contributed by atoms with Crippen LogP contribution in [-0.2, 0) is 6.42 Å². The van der Waals surface area contributed by atoms with Gasteiger partial charge in [0.1, 0.15) is 0 Å². The number of carbonyl (C=O) groups is 1. The van der Waals surface area contributed by atoms with Crippen molar-refractivity contribution in [2.45, 2.75) is 26.3 Å². The van der Waals surface area contributed by atoms with Crippen LogP contribution in [0, 0.1) is 0 Å². The van der Waals surface area contributed by atoms with Crippen molar-refractivity contribution in [2.24, 2.45) is 0 Å². The van der Waals surface area contributed by atoms with Crippen LogP contribution in [0.5, 0.6) is 0 Å². The Balaban J connectivity index is 1.60. The highest BCUT2D eigenvalue weighted by Gasteiger charge is 2.28. The minimum atomic E-state index is -0.141. The topological polar surface area (TPSA) is 49.3 Å². The summed E-state index contributed by atoms with van der Waals surface area (Å²) in [5, 5.41) is 8.61. The third kappa shape index (κ3) is 3.16. The lowest BCUT2D eigenvalue weighted by Gasteiger charge is -2.24. The van der Waals surface area contributed by atoms with Gasteiger partial charge in [0.15, 0.2) is 11.5 Å². The van der Waals surface area contributed by atoms with E-state index in [1.165, 1.54) is 5.56 Å². The molecule has 0 aliphatic carbocycles. The van der Waals surface area contributed by atoms with Crippen molar-refractivity contribution in [3.05, 3.63) is 78.0 Å². The molecule has 0 N–H and O–H groups in total. The molecule has 27 heavy (non-hydrogen) atoms. The first-order valence-electron chi connectivity index (χ1n) is 9.27. The van der Waals surface area contributed by atoms with Gasteiger partial charge in [-0.25, -0.2) is 0 Å². The van der Waals surface area contributed by atoms with E-state index in [-0.39, 0.29) is 5.91 Å². The molecule has 1 aliphatic rings. The Hall–Kier alpha value is -3.21. The summed E-state index contributed by atoms with van der Waals surface area (Å²) in [5.41, 5.74) is 3.69. The molecule has 0 radical (unpaired) electrons. The summed E-state index contributed by atoms with van der Waals surface area (Å²) in [6.07, 6.45) is 0.982. The lowest BCUT2D eigenvalue weighted by molar-refractivity contribution is 0.0982. The summed E-state index contributed by atoms with van der Waals surface area (Å²) in [6, 6.07) is 21.9. The van der Waals surface area contributed by atoms with Crippen molar-refractivity contribution in [1.82, 2.24) is 10.2 Å². The first kappa shape index (κ1) is 17.2. The Kier molecular flexibility index (Phi) is 4.59. The molecule has 3 aromatic rings. The molecule has 0 bridgehead atoms. The molecule has 0 saturated carbocycles. The van der Waals surface area contributed by atoms with Crippen LogP contribution in [0.2, 0.25) is 0 Å². The monoisotopic (exact) mass is 358 g/mol. The number of rotatable bonds is 4. The van der Waals surface area contributed by atoms with E-state index >= 15 is 0 Å². The molecular weight excluding hydrogens is 336 g/mol.